The van der Waals surface area contributed by atoms with Crippen molar-refractivity contribution in [1.29, 1.82) is 0 Å². The number of phosphoric acid groups is 2. The van der Waals surface area contributed by atoms with Crippen molar-refractivity contribution in [1.82, 2.24) is 0 Å². The van der Waals surface area contributed by atoms with Crippen molar-refractivity contribution in [2.75, 3.05) is 0 Å². The van der Waals surface area contributed by atoms with Gasteiger partial charge in [0, 0.05) is 0 Å². The van der Waals surface area contributed by atoms with E-state index in [1.165, 1.54) is 122 Å². The van der Waals surface area contributed by atoms with Gasteiger partial charge in [0.25, 0.3) is 0 Å². The van der Waals surface area contributed by atoms with E-state index in [9.17, 15) is 0 Å². The summed E-state index contributed by atoms with van der Waals surface area (Å²) in [4.78, 5) is 51.3. The van der Waals surface area contributed by atoms with Crippen molar-refractivity contribution in [2.45, 2.75) is 150 Å². The predicted octanol–water partition coefficient (Wildman–Crippen LogP) is 2.99. The third-order valence-electron chi connectivity index (χ3n) is 4.71. The molecule has 0 atom stereocenters. The summed E-state index contributed by atoms with van der Waals surface area (Å²) in [6.45, 7) is 8.60. The third-order valence-corrected chi connectivity index (χ3v) is 4.71. The zero-order valence-electron chi connectivity index (χ0n) is 22.1. The van der Waals surface area contributed by atoms with E-state index in [0.29, 0.717) is 0 Å². The summed E-state index contributed by atoms with van der Waals surface area (Å²) in [5.41, 5.74) is 0. The molecule has 0 heterocycles. The Morgan fingerprint density at radius 1 is 0.382 bits per heavy atom. The molecule has 34 heavy (non-hydrogen) atoms. The molecule has 0 saturated carbocycles. The van der Waals surface area contributed by atoms with Crippen LogP contribution < -0.4 is 29.4 Å². The molecule has 0 radical (unpaired) electrons. The van der Waals surface area contributed by atoms with Gasteiger partial charge in [-0.3, -0.25) is 0 Å². The van der Waals surface area contributed by atoms with Crippen LogP contribution in [0.4, 0.5) is 0 Å². The third kappa shape index (κ3) is 94.7. The molecule has 0 spiro atoms. The van der Waals surface area contributed by atoms with Gasteiger partial charge in [0.2, 0.25) is 0 Å². The first-order valence-electron chi connectivity index (χ1n) is 12.9. The van der Waals surface area contributed by atoms with Gasteiger partial charge >= 0.3 is 0 Å². The van der Waals surface area contributed by atoms with E-state index in [1.54, 1.807) is 0 Å². The lowest BCUT2D eigenvalue weighted by molar-refractivity contribution is -0.434. The molecule has 9 nitrogen and oxygen atoms in total. The van der Waals surface area contributed by atoms with Crippen LogP contribution in [-0.4, -0.2) is 5.48 Å². The van der Waals surface area contributed by atoms with Crippen LogP contribution in [0.1, 0.15) is 150 Å². The highest BCUT2D eigenvalue weighted by Crippen LogP contribution is 2.14. The largest absolute Gasteiger partial charge is 0.822 e. The van der Waals surface area contributed by atoms with E-state index in [2.05, 4.69) is 13.8 Å². The summed E-state index contributed by atoms with van der Waals surface area (Å²) in [5.74, 6) is 0. The Morgan fingerprint density at radius 2 is 0.471 bits per heavy atom. The number of unbranched alkanes of at least 4 members (excludes halogenated alkanes) is 18. The van der Waals surface area contributed by atoms with Crippen LogP contribution in [0.5, 0.6) is 0 Å². The second-order valence-corrected chi connectivity index (χ2v) is 9.69. The van der Waals surface area contributed by atoms with Gasteiger partial charge in [-0.05, 0) is 0 Å². The Morgan fingerprint density at radius 3 is 0.559 bits per heavy atom. The van der Waals surface area contributed by atoms with E-state index in [0.717, 1.165) is 0 Å². The maximum Gasteiger partial charge on any atom is -0.0533 e. The van der Waals surface area contributed by atoms with Crippen molar-refractivity contribution in [2.24, 2.45) is 0 Å². The van der Waals surface area contributed by atoms with Crippen molar-refractivity contribution in [3.63, 3.8) is 0 Å². The van der Waals surface area contributed by atoms with Gasteiger partial charge in [0.05, 0.1) is 0 Å². The molecule has 11 heteroatoms. The Balaban J connectivity index is -0.000000178. The first-order chi connectivity index (χ1) is 15.4. The smallest absolute Gasteiger partial charge is 0.0533 e. The van der Waals surface area contributed by atoms with Crippen molar-refractivity contribution < 1.29 is 44.0 Å². The first-order valence-corrected chi connectivity index (χ1v) is 15.8. The summed E-state index contributed by atoms with van der Waals surface area (Å²) in [5, 5.41) is 0. The highest BCUT2D eigenvalue weighted by atomic mass is 31.2. The lowest BCUT2D eigenvalue weighted by atomic mass is 10.0. The molecule has 0 aromatic carbocycles. The molecule has 0 aliphatic heterocycles. The van der Waals surface area contributed by atoms with Crippen molar-refractivity contribution in [3.8, 4) is 0 Å². The number of hydrogen-bond acceptors (Lipinski definition) is 8. The maximum absolute atomic E-state index is 8.55. The van der Waals surface area contributed by atoms with Gasteiger partial charge in [-0.25, -0.2) is 0 Å². The molecule has 0 bridgehead atoms. The molecule has 0 aromatic rings. The van der Waals surface area contributed by atoms with Crippen LogP contribution >= 0.6 is 15.6 Å². The molecule has 214 valence electrons. The normalized spacial score (nSPS) is 10.5. The Hall–Kier alpha value is 0.180. The average Bonchev–Trinajstić information content (AvgIpc) is 2.69. The van der Waals surface area contributed by atoms with Crippen LogP contribution in [0.15, 0.2) is 0 Å². The molecule has 0 saturated heterocycles. The van der Waals surface area contributed by atoms with Crippen LogP contribution in [0.25, 0.3) is 0 Å². The van der Waals surface area contributed by atoms with Gasteiger partial charge < -0.3 is 44.0 Å². The van der Waals surface area contributed by atoms with Crippen molar-refractivity contribution >= 4 is 15.6 Å². The predicted molar refractivity (Wildman–Crippen MR) is 129 cm³/mol. The fourth-order valence-electron chi connectivity index (χ4n) is 3.15. The van der Waals surface area contributed by atoms with E-state index in [-0.39, 0.29) is 5.48 Å². The van der Waals surface area contributed by atoms with E-state index in [4.69, 9.17) is 38.5 Å². The molecule has 0 aromatic heterocycles. The molecule has 0 unspecified atom stereocenters. The maximum atomic E-state index is 8.55. The lowest BCUT2D eigenvalue weighted by Gasteiger charge is -2.36. The lowest BCUT2D eigenvalue weighted by Crippen LogP contribution is -2.24. The zero-order chi connectivity index (χ0) is 26.4. The van der Waals surface area contributed by atoms with Gasteiger partial charge in [0.1, 0.15) is 0 Å². The van der Waals surface area contributed by atoms with E-state index >= 15 is 0 Å². The number of hydrogen-bond donors (Lipinski definition) is 0. The minimum Gasteiger partial charge on any atom is -0.822 e. The highest BCUT2D eigenvalue weighted by Gasteiger charge is 1.94. The topological polar surface area (TPSA) is 204 Å². The Labute approximate surface area is 209 Å². The summed E-state index contributed by atoms with van der Waals surface area (Å²) in [6, 6.07) is 0. The quantitative estimate of drug-likeness (QED) is 0.188. The minimum absolute atomic E-state index is 0. The van der Waals surface area contributed by atoms with Gasteiger partial charge in [-0.1, -0.05) is 150 Å². The molecule has 0 amide bonds. The summed E-state index contributed by atoms with van der Waals surface area (Å²) in [6.07, 6.45) is 27.9. The second kappa shape index (κ2) is 35.3. The standard InChI is InChI=1S/C21H44.C2H6.2H3O4P.H2O/c1-3-5-7-9-11-13-15-17-19-21-20-18-16-14-12-10-8-6-4-2;1-2;2*1-5(2,3)4;/h3-21H2,1-2H3;1-2H3;2*(H3,1,2,3,4);1H2/p-6. The SMILES string of the molecule is CC.CCCCCCCCCCCCCCCCCCCCC.O.O=P([O-])([O-])[O-].O=P([O-])([O-])[O-]. The summed E-state index contributed by atoms with van der Waals surface area (Å²) >= 11 is 0. The highest BCUT2D eigenvalue weighted by molar-refractivity contribution is 7.40. The zero-order valence-corrected chi connectivity index (χ0v) is 23.9. The van der Waals surface area contributed by atoms with Crippen LogP contribution in [-0.2, 0) is 9.13 Å². The van der Waals surface area contributed by atoms with Crippen LogP contribution in [0, 0.1) is 0 Å². The van der Waals surface area contributed by atoms with Gasteiger partial charge in [-0.2, -0.15) is 15.6 Å². The minimum atomic E-state index is -5.39. The monoisotopic (exact) mass is 534 g/mol. The van der Waals surface area contributed by atoms with E-state index in [1.807, 2.05) is 13.8 Å². The molecular weight excluding hydrogens is 482 g/mol. The first kappa shape index (κ1) is 44.2. The Kier molecular flexibility index (Phi) is 45.9. The average molecular weight is 535 g/mol. The molecule has 0 aliphatic rings. The summed E-state index contributed by atoms with van der Waals surface area (Å²) < 4.78 is 17.1. The molecular formula is C23H52O9P2-6. The van der Waals surface area contributed by atoms with Crippen molar-refractivity contribution in [3.05, 3.63) is 0 Å². The number of rotatable bonds is 18. The molecule has 0 rings (SSSR count). The van der Waals surface area contributed by atoms with Gasteiger partial charge in [0.15, 0.2) is 0 Å². The molecule has 0 fully saturated rings. The van der Waals surface area contributed by atoms with E-state index < -0.39 is 15.6 Å². The summed E-state index contributed by atoms with van der Waals surface area (Å²) in [7, 11) is -10.8. The van der Waals surface area contributed by atoms with Crippen LogP contribution in [0.3, 0.4) is 0 Å². The fourth-order valence-corrected chi connectivity index (χ4v) is 3.15. The van der Waals surface area contributed by atoms with Gasteiger partial charge in [-0.15, -0.1) is 0 Å². The van der Waals surface area contributed by atoms with Crippen LogP contribution in [0.2, 0.25) is 0 Å². The Bertz CT molecular complexity index is 372. The molecule has 2 N–H and O–H groups in total. The molecule has 0 aliphatic carbocycles. The second-order valence-electron chi connectivity index (χ2n) is 7.90. The fraction of sp³-hybridized carbons (Fsp3) is 1.00.